The lowest BCUT2D eigenvalue weighted by molar-refractivity contribution is 0.299. The maximum atomic E-state index is 8.92. The topological polar surface area (TPSA) is 35.5 Å². The van der Waals surface area contributed by atoms with Crippen LogP contribution >= 0.6 is 0 Å². The fraction of sp³-hybridized carbons (Fsp3) is 0.294. The minimum absolute atomic E-state index is 0.136. The van der Waals surface area contributed by atoms with E-state index in [2.05, 4.69) is 46.6 Å². The van der Waals surface area contributed by atoms with Crippen LogP contribution in [0.1, 0.15) is 12.5 Å². The summed E-state index contributed by atoms with van der Waals surface area (Å²) in [5.41, 5.74) is 3.40. The summed E-state index contributed by atoms with van der Waals surface area (Å²) in [4.78, 5) is 2.10. The zero-order valence-corrected chi connectivity index (χ0v) is 12.4. The quantitative estimate of drug-likeness (QED) is 0.877. The number of rotatable bonds is 5. The molecule has 2 aromatic carbocycles. The normalized spacial score (nSPS) is 11.7. The van der Waals surface area contributed by atoms with Gasteiger partial charge in [0.25, 0.3) is 0 Å². The molecular weight excluding hydrogens is 248 g/mol. The number of nitrogens with zero attached hydrogens (tertiary/aromatic N) is 1. The fourth-order valence-electron chi connectivity index (χ4n) is 2.24. The van der Waals surface area contributed by atoms with E-state index >= 15 is 0 Å². The van der Waals surface area contributed by atoms with Crippen molar-refractivity contribution in [3.05, 3.63) is 48.0 Å². The highest BCUT2D eigenvalue weighted by Crippen LogP contribution is 2.24. The molecule has 0 atom stereocenters. The van der Waals surface area contributed by atoms with Gasteiger partial charge in [-0.15, -0.1) is 0 Å². The first-order valence-corrected chi connectivity index (χ1v) is 6.88. The third kappa shape index (κ3) is 3.11. The summed E-state index contributed by atoms with van der Waals surface area (Å²) >= 11 is 0. The number of hydrogen-bond donors (Lipinski definition) is 2. The number of aliphatic hydroxyl groups is 1. The SMILES string of the molecule is CC=C(NCCO)c1ccc2cc(N(C)C)ccc2c1. The van der Waals surface area contributed by atoms with Gasteiger partial charge < -0.3 is 15.3 Å². The molecule has 0 spiro atoms. The summed E-state index contributed by atoms with van der Waals surface area (Å²) in [6, 6.07) is 12.9. The largest absolute Gasteiger partial charge is 0.395 e. The molecule has 0 fully saturated rings. The van der Waals surface area contributed by atoms with Gasteiger partial charge in [0.1, 0.15) is 0 Å². The lowest BCUT2D eigenvalue weighted by atomic mass is 10.0. The first-order valence-electron chi connectivity index (χ1n) is 6.88. The van der Waals surface area contributed by atoms with E-state index in [-0.39, 0.29) is 6.61 Å². The van der Waals surface area contributed by atoms with E-state index in [0.717, 1.165) is 11.3 Å². The molecule has 0 aromatic heterocycles. The van der Waals surface area contributed by atoms with Crippen LogP contribution in [0, 0.1) is 0 Å². The highest BCUT2D eigenvalue weighted by molar-refractivity contribution is 5.88. The Morgan fingerprint density at radius 3 is 2.50 bits per heavy atom. The van der Waals surface area contributed by atoms with E-state index < -0.39 is 0 Å². The van der Waals surface area contributed by atoms with Crippen LogP contribution in [0.15, 0.2) is 42.5 Å². The third-order valence-electron chi connectivity index (χ3n) is 3.37. The second-order valence-electron chi connectivity index (χ2n) is 4.99. The number of fused-ring (bicyclic) bond motifs is 1. The van der Waals surface area contributed by atoms with E-state index in [1.807, 2.05) is 27.1 Å². The van der Waals surface area contributed by atoms with Crippen LogP contribution in [0.5, 0.6) is 0 Å². The van der Waals surface area contributed by atoms with Crippen molar-refractivity contribution in [3.63, 3.8) is 0 Å². The van der Waals surface area contributed by atoms with Crippen LogP contribution in [-0.4, -0.2) is 32.4 Å². The maximum Gasteiger partial charge on any atom is 0.0604 e. The monoisotopic (exact) mass is 270 g/mol. The Hall–Kier alpha value is -2.00. The van der Waals surface area contributed by atoms with Gasteiger partial charge in [0.15, 0.2) is 0 Å². The van der Waals surface area contributed by atoms with E-state index in [4.69, 9.17) is 5.11 Å². The molecule has 20 heavy (non-hydrogen) atoms. The molecule has 0 aliphatic carbocycles. The van der Waals surface area contributed by atoms with Crippen LogP contribution in [0.3, 0.4) is 0 Å². The summed E-state index contributed by atoms with van der Waals surface area (Å²) < 4.78 is 0. The smallest absolute Gasteiger partial charge is 0.0604 e. The molecule has 2 aromatic rings. The molecule has 0 saturated carbocycles. The zero-order chi connectivity index (χ0) is 14.5. The molecule has 3 heteroatoms. The van der Waals surface area contributed by atoms with E-state index in [9.17, 15) is 0 Å². The highest BCUT2D eigenvalue weighted by Gasteiger charge is 2.03. The minimum atomic E-state index is 0.136. The Morgan fingerprint density at radius 2 is 1.85 bits per heavy atom. The molecular formula is C17H22N2O. The Morgan fingerprint density at radius 1 is 1.15 bits per heavy atom. The number of allylic oxidation sites excluding steroid dienone is 1. The summed E-state index contributed by atoms with van der Waals surface area (Å²) in [5.74, 6) is 0. The molecule has 0 unspecified atom stereocenters. The molecule has 0 radical (unpaired) electrons. The van der Waals surface area contributed by atoms with Gasteiger partial charge in [0.05, 0.1) is 6.61 Å². The van der Waals surface area contributed by atoms with Crippen LogP contribution in [0.4, 0.5) is 5.69 Å². The average molecular weight is 270 g/mol. The predicted octanol–water partition coefficient (Wildman–Crippen LogP) is 2.85. The van der Waals surface area contributed by atoms with Gasteiger partial charge in [-0.25, -0.2) is 0 Å². The molecule has 0 saturated heterocycles. The van der Waals surface area contributed by atoms with Crippen molar-refractivity contribution in [1.29, 1.82) is 0 Å². The van der Waals surface area contributed by atoms with Crippen molar-refractivity contribution < 1.29 is 5.11 Å². The summed E-state index contributed by atoms with van der Waals surface area (Å²) in [7, 11) is 4.10. The minimum Gasteiger partial charge on any atom is -0.395 e. The van der Waals surface area contributed by atoms with Crippen molar-refractivity contribution in [1.82, 2.24) is 5.32 Å². The fourth-order valence-corrected chi connectivity index (χ4v) is 2.24. The van der Waals surface area contributed by atoms with Crippen molar-refractivity contribution >= 4 is 22.2 Å². The Kier molecular flexibility index (Phi) is 4.64. The van der Waals surface area contributed by atoms with Crippen molar-refractivity contribution in [3.8, 4) is 0 Å². The highest BCUT2D eigenvalue weighted by atomic mass is 16.3. The second-order valence-corrected chi connectivity index (χ2v) is 4.99. The van der Waals surface area contributed by atoms with Crippen LogP contribution in [0.25, 0.3) is 16.5 Å². The van der Waals surface area contributed by atoms with Gasteiger partial charge in [-0.1, -0.05) is 24.3 Å². The van der Waals surface area contributed by atoms with Gasteiger partial charge >= 0.3 is 0 Å². The van der Waals surface area contributed by atoms with Crippen molar-refractivity contribution in [2.75, 3.05) is 32.1 Å². The Labute approximate surface area is 120 Å². The van der Waals surface area contributed by atoms with E-state index in [1.54, 1.807) is 0 Å². The molecule has 2 rings (SSSR count). The van der Waals surface area contributed by atoms with Crippen LogP contribution in [-0.2, 0) is 0 Å². The molecule has 0 bridgehead atoms. The van der Waals surface area contributed by atoms with E-state index in [1.165, 1.54) is 16.5 Å². The summed E-state index contributed by atoms with van der Waals surface area (Å²) in [6.45, 7) is 2.70. The molecule has 0 heterocycles. The molecule has 3 nitrogen and oxygen atoms in total. The molecule has 0 aliphatic heterocycles. The number of nitrogens with one attached hydrogen (secondary N) is 1. The third-order valence-corrected chi connectivity index (χ3v) is 3.37. The summed E-state index contributed by atoms with van der Waals surface area (Å²) in [6.07, 6.45) is 2.03. The van der Waals surface area contributed by atoms with Gasteiger partial charge in [-0.05, 0) is 41.5 Å². The van der Waals surface area contributed by atoms with Gasteiger partial charge in [0, 0.05) is 32.0 Å². The average Bonchev–Trinajstić information content (AvgIpc) is 2.47. The van der Waals surface area contributed by atoms with Gasteiger partial charge in [0.2, 0.25) is 0 Å². The van der Waals surface area contributed by atoms with Crippen LogP contribution < -0.4 is 10.2 Å². The molecule has 0 amide bonds. The Balaban J connectivity index is 2.36. The number of aliphatic hydroxyl groups excluding tert-OH is 1. The molecule has 0 aliphatic rings. The zero-order valence-electron chi connectivity index (χ0n) is 12.4. The van der Waals surface area contributed by atoms with Gasteiger partial charge in [-0.3, -0.25) is 0 Å². The van der Waals surface area contributed by atoms with Crippen LogP contribution in [0.2, 0.25) is 0 Å². The van der Waals surface area contributed by atoms with Gasteiger partial charge in [-0.2, -0.15) is 0 Å². The van der Waals surface area contributed by atoms with Crippen molar-refractivity contribution in [2.24, 2.45) is 0 Å². The van der Waals surface area contributed by atoms with Crippen molar-refractivity contribution in [2.45, 2.75) is 6.92 Å². The number of benzene rings is 2. The molecule has 106 valence electrons. The lowest BCUT2D eigenvalue weighted by Crippen LogP contribution is -2.16. The lowest BCUT2D eigenvalue weighted by Gasteiger charge is -2.14. The first-order chi connectivity index (χ1) is 9.65. The second kappa shape index (κ2) is 6.44. The Bertz CT molecular complexity index is 617. The number of hydrogen-bond acceptors (Lipinski definition) is 3. The van der Waals surface area contributed by atoms with E-state index in [0.29, 0.717) is 6.54 Å². The first kappa shape index (κ1) is 14.4. The maximum absolute atomic E-state index is 8.92. The molecule has 2 N–H and O–H groups in total. The standard InChI is InChI=1S/C17H22N2O/c1-4-17(18-9-10-20)15-6-5-14-12-16(19(2)3)8-7-13(14)11-15/h4-8,11-12,18,20H,9-10H2,1-3H3. The number of anilines is 1. The predicted molar refractivity (Wildman–Crippen MR) is 87.0 cm³/mol. The summed E-state index contributed by atoms with van der Waals surface area (Å²) in [5, 5.41) is 14.6.